The fourth-order valence-corrected chi connectivity index (χ4v) is 2.48. The van der Waals surface area contributed by atoms with Gasteiger partial charge in [-0.25, -0.2) is 9.48 Å². The highest BCUT2D eigenvalue weighted by Gasteiger charge is 2.18. The number of carbonyl (C=O) groups excluding carboxylic acids is 1. The molecular weight excluding hydrogens is 262 g/mol. The van der Waals surface area contributed by atoms with Crippen LogP contribution in [0.5, 0.6) is 0 Å². The molecule has 5 nitrogen and oxygen atoms in total. The Morgan fingerprint density at radius 1 is 1.65 bits per heavy atom. The van der Waals surface area contributed by atoms with Crippen molar-refractivity contribution in [1.29, 1.82) is 0 Å². The molecule has 0 N–H and O–H groups in total. The van der Waals surface area contributed by atoms with Crippen LogP contribution in [0.15, 0.2) is 11.4 Å². The lowest BCUT2D eigenvalue weighted by atomic mass is 10.4. The Bertz CT molecular complexity index is 549. The molecule has 0 radical (unpaired) electrons. The van der Waals surface area contributed by atoms with Gasteiger partial charge in [0.05, 0.1) is 16.5 Å². The molecule has 0 saturated heterocycles. The molecule has 0 spiro atoms. The highest BCUT2D eigenvalue weighted by atomic mass is 35.5. The molecule has 90 valence electrons. The van der Waals surface area contributed by atoms with Crippen LogP contribution in [0.4, 0.5) is 0 Å². The van der Waals surface area contributed by atoms with Crippen LogP contribution in [-0.4, -0.2) is 27.3 Å². The summed E-state index contributed by atoms with van der Waals surface area (Å²) in [4.78, 5) is 16.4. The molecule has 0 amide bonds. The molecule has 2 aromatic rings. The SMILES string of the molecule is CCOC(=O)c1nc(-c2sccc2Cl)n(C)n1. The van der Waals surface area contributed by atoms with Crippen LogP contribution < -0.4 is 0 Å². The molecule has 0 bridgehead atoms. The predicted molar refractivity (Wildman–Crippen MR) is 65.3 cm³/mol. The van der Waals surface area contributed by atoms with Gasteiger partial charge in [0, 0.05) is 7.05 Å². The molecule has 0 saturated carbocycles. The summed E-state index contributed by atoms with van der Waals surface area (Å²) in [5.41, 5.74) is 0. The number of aromatic nitrogens is 3. The highest BCUT2D eigenvalue weighted by molar-refractivity contribution is 7.14. The van der Waals surface area contributed by atoms with E-state index in [-0.39, 0.29) is 5.82 Å². The fourth-order valence-electron chi connectivity index (χ4n) is 1.32. The second kappa shape index (κ2) is 4.85. The van der Waals surface area contributed by atoms with Crippen molar-refractivity contribution in [2.75, 3.05) is 6.61 Å². The van der Waals surface area contributed by atoms with Crippen LogP contribution >= 0.6 is 22.9 Å². The fraction of sp³-hybridized carbons (Fsp3) is 0.300. The Morgan fingerprint density at radius 3 is 3.00 bits per heavy atom. The molecule has 2 aromatic heterocycles. The first kappa shape index (κ1) is 12.1. The van der Waals surface area contributed by atoms with Gasteiger partial charge in [-0.15, -0.1) is 16.4 Å². The number of esters is 1. The van der Waals surface area contributed by atoms with E-state index in [1.807, 2.05) is 5.38 Å². The van der Waals surface area contributed by atoms with Crippen LogP contribution in [0.1, 0.15) is 17.5 Å². The van der Waals surface area contributed by atoms with Gasteiger partial charge in [0.2, 0.25) is 0 Å². The van der Waals surface area contributed by atoms with Crippen molar-refractivity contribution in [2.24, 2.45) is 7.05 Å². The number of carbonyl (C=O) groups is 1. The Morgan fingerprint density at radius 2 is 2.41 bits per heavy atom. The number of halogens is 1. The van der Waals surface area contributed by atoms with Gasteiger partial charge >= 0.3 is 5.97 Å². The number of hydrogen-bond acceptors (Lipinski definition) is 5. The van der Waals surface area contributed by atoms with E-state index in [9.17, 15) is 4.79 Å². The average molecular weight is 272 g/mol. The third-order valence-corrected chi connectivity index (χ3v) is 3.38. The summed E-state index contributed by atoms with van der Waals surface area (Å²) < 4.78 is 6.35. The second-order valence-electron chi connectivity index (χ2n) is 3.20. The maximum absolute atomic E-state index is 11.5. The van der Waals surface area contributed by atoms with Crippen molar-refractivity contribution >= 4 is 28.9 Å². The van der Waals surface area contributed by atoms with E-state index in [4.69, 9.17) is 16.3 Å². The van der Waals surface area contributed by atoms with Crippen LogP contribution in [0.25, 0.3) is 10.7 Å². The van der Waals surface area contributed by atoms with Gasteiger partial charge in [0.1, 0.15) is 0 Å². The number of aryl methyl sites for hydroxylation is 1. The molecular formula is C10H10ClN3O2S. The molecule has 0 fully saturated rings. The van der Waals surface area contributed by atoms with Crippen molar-refractivity contribution in [3.05, 3.63) is 22.3 Å². The summed E-state index contributed by atoms with van der Waals surface area (Å²) in [6.07, 6.45) is 0. The Labute approximate surface area is 107 Å². The third-order valence-electron chi connectivity index (χ3n) is 2.04. The smallest absolute Gasteiger partial charge is 0.378 e. The number of hydrogen-bond donors (Lipinski definition) is 0. The minimum absolute atomic E-state index is 0.0498. The maximum Gasteiger partial charge on any atom is 0.378 e. The lowest BCUT2D eigenvalue weighted by molar-refractivity contribution is 0.0512. The molecule has 0 aliphatic rings. The largest absolute Gasteiger partial charge is 0.460 e. The van der Waals surface area contributed by atoms with Gasteiger partial charge in [-0.2, -0.15) is 4.98 Å². The van der Waals surface area contributed by atoms with E-state index in [0.29, 0.717) is 17.5 Å². The first-order chi connectivity index (χ1) is 8.13. The molecule has 0 unspecified atom stereocenters. The van der Waals surface area contributed by atoms with Crippen molar-refractivity contribution in [1.82, 2.24) is 14.8 Å². The summed E-state index contributed by atoms with van der Waals surface area (Å²) in [5.74, 6) is 0.0869. The Balaban J connectivity index is 2.38. The molecule has 7 heteroatoms. The average Bonchev–Trinajstić information content (AvgIpc) is 2.85. The minimum Gasteiger partial charge on any atom is -0.460 e. The van der Waals surface area contributed by atoms with Crippen molar-refractivity contribution in [3.8, 4) is 10.7 Å². The normalized spacial score (nSPS) is 10.5. The standard InChI is InChI=1S/C10H10ClN3O2S/c1-3-16-10(15)8-12-9(14(2)13-8)7-6(11)4-5-17-7/h4-5H,3H2,1-2H3. The van der Waals surface area contributed by atoms with Gasteiger partial charge in [0.25, 0.3) is 5.82 Å². The highest BCUT2D eigenvalue weighted by Crippen LogP contribution is 2.31. The zero-order valence-corrected chi connectivity index (χ0v) is 10.9. The van der Waals surface area contributed by atoms with Crippen LogP contribution in [0.2, 0.25) is 5.02 Å². The van der Waals surface area contributed by atoms with Crippen LogP contribution in [-0.2, 0) is 11.8 Å². The second-order valence-corrected chi connectivity index (χ2v) is 4.52. The quantitative estimate of drug-likeness (QED) is 0.804. The number of nitrogens with zero attached hydrogens (tertiary/aromatic N) is 3. The van der Waals surface area contributed by atoms with Crippen LogP contribution in [0, 0.1) is 0 Å². The van der Waals surface area contributed by atoms with Gasteiger partial charge in [0.15, 0.2) is 5.82 Å². The summed E-state index contributed by atoms with van der Waals surface area (Å²) in [7, 11) is 1.71. The van der Waals surface area contributed by atoms with E-state index in [2.05, 4.69) is 10.1 Å². The lowest BCUT2D eigenvalue weighted by Gasteiger charge is -1.95. The summed E-state index contributed by atoms with van der Waals surface area (Å²) in [5, 5.41) is 6.46. The predicted octanol–water partition coefficient (Wildman–Crippen LogP) is 2.37. The number of rotatable bonds is 3. The van der Waals surface area contributed by atoms with E-state index < -0.39 is 5.97 Å². The summed E-state index contributed by atoms with van der Waals surface area (Å²) in [6.45, 7) is 2.03. The Hall–Kier alpha value is -1.40. The van der Waals surface area contributed by atoms with Gasteiger partial charge in [-0.3, -0.25) is 0 Å². The van der Waals surface area contributed by atoms with E-state index >= 15 is 0 Å². The van der Waals surface area contributed by atoms with Crippen LogP contribution in [0.3, 0.4) is 0 Å². The first-order valence-corrected chi connectivity index (χ1v) is 6.20. The summed E-state index contributed by atoms with van der Waals surface area (Å²) >= 11 is 7.46. The number of ether oxygens (including phenoxy) is 1. The topological polar surface area (TPSA) is 57.0 Å². The maximum atomic E-state index is 11.5. The van der Waals surface area contributed by atoms with Crippen molar-refractivity contribution < 1.29 is 9.53 Å². The first-order valence-electron chi connectivity index (χ1n) is 4.95. The molecule has 0 aromatic carbocycles. The zero-order valence-electron chi connectivity index (χ0n) is 9.31. The molecule has 0 aliphatic carbocycles. The van der Waals surface area contributed by atoms with E-state index in [0.717, 1.165) is 4.88 Å². The molecule has 0 atom stereocenters. The minimum atomic E-state index is -0.526. The monoisotopic (exact) mass is 271 g/mol. The molecule has 2 heterocycles. The molecule has 2 rings (SSSR count). The summed E-state index contributed by atoms with van der Waals surface area (Å²) in [6, 6.07) is 1.78. The van der Waals surface area contributed by atoms with E-state index in [1.165, 1.54) is 16.0 Å². The van der Waals surface area contributed by atoms with Gasteiger partial charge in [-0.1, -0.05) is 11.6 Å². The van der Waals surface area contributed by atoms with Gasteiger partial charge < -0.3 is 4.74 Å². The van der Waals surface area contributed by atoms with Crippen molar-refractivity contribution in [3.63, 3.8) is 0 Å². The zero-order chi connectivity index (χ0) is 12.4. The number of thiophene rings is 1. The van der Waals surface area contributed by atoms with Gasteiger partial charge in [-0.05, 0) is 18.4 Å². The molecule has 17 heavy (non-hydrogen) atoms. The Kier molecular flexibility index (Phi) is 3.44. The lowest BCUT2D eigenvalue weighted by Crippen LogP contribution is -2.07. The van der Waals surface area contributed by atoms with Crippen molar-refractivity contribution in [2.45, 2.75) is 6.92 Å². The third kappa shape index (κ3) is 2.32. The molecule has 0 aliphatic heterocycles. The van der Waals surface area contributed by atoms with E-state index in [1.54, 1.807) is 20.0 Å².